The third kappa shape index (κ3) is 5.03. The molecular weight excluding hydrogens is 238 g/mol. The van der Waals surface area contributed by atoms with Gasteiger partial charge in [0.05, 0.1) is 5.41 Å². The second kappa shape index (κ2) is 7.95. The summed E-state index contributed by atoms with van der Waals surface area (Å²) in [6, 6.07) is 9.85. The monoisotopic (exact) mass is 263 g/mol. The maximum Gasteiger partial charge on any atom is 0.230 e. The number of hydrogen-bond donors (Lipinski definition) is 2. The summed E-state index contributed by atoms with van der Waals surface area (Å²) in [5, 5.41) is 11.7. The summed E-state index contributed by atoms with van der Waals surface area (Å²) < 4.78 is 0. The van der Waals surface area contributed by atoms with Crippen molar-refractivity contribution < 1.29 is 9.90 Å². The van der Waals surface area contributed by atoms with Crippen molar-refractivity contribution in [2.45, 2.75) is 44.9 Å². The minimum Gasteiger partial charge on any atom is -0.396 e. The van der Waals surface area contributed by atoms with Crippen molar-refractivity contribution in [1.82, 2.24) is 5.32 Å². The van der Waals surface area contributed by atoms with Gasteiger partial charge in [-0.15, -0.1) is 0 Å². The topological polar surface area (TPSA) is 49.3 Å². The molecule has 0 atom stereocenters. The highest BCUT2D eigenvalue weighted by Crippen LogP contribution is 2.22. The zero-order valence-corrected chi connectivity index (χ0v) is 12.0. The van der Waals surface area contributed by atoms with Gasteiger partial charge in [-0.25, -0.2) is 0 Å². The molecule has 0 aliphatic rings. The fourth-order valence-corrected chi connectivity index (χ4v) is 2.00. The summed E-state index contributed by atoms with van der Waals surface area (Å²) in [6.45, 7) is 4.86. The van der Waals surface area contributed by atoms with E-state index in [1.165, 1.54) is 0 Å². The number of aliphatic hydroxyl groups is 1. The second-order valence-corrected chi connectivity index (χ2v) is 5.38. The highest BCUT2D eigenvalue weighted by Gasteiger charge is 2.28. The number of amides is 1. The maximum absolute atomic E-state index is 12.2. The summed E-state index contributed by atoms with van der Waals surface area (Å²) in [5.74, 6) is 0.0702. The van der Waals surface area contributed by atoms with Gasteiger partial charge in [-0.1, -0.05) is 43.2 Å². The van der Waals surface area contributed by atoms with E-state index in [2.05, 4.69) is 5.32 Å². The molecule has 1 aromatic rings. The number of carbonyl (C=O) groups excluding carboxylic acids is 1. The van der Waals surface area contributed by atoms with Gasteiger partial charge in [0.2, 0.25) is 5.91 Å². The van der Waals surface area contributed by atoms with Crippen molar-refractivity contribution in [2.75, 3.05) is 13.2 Å². The molecule has 3 nitrogen and oxygen atoms in total. The number of rotatable bonds is 8. The van der Waals surface area contributed by atoms with Crippen molar-refractivity contribution in [3.63, 3.8) is 0 Å². The molecule has 0 bridgehead atoms. The molecule has 0 aromatic heterocycles. The van der Waals surface area contributed by atoms with E-state index in [0.29, 0.717) is 6.54 Å². The van der Waals surface area contributed by atoms with Gasteiger partial charge in [0.15, 0.2) is 0 Å². The molecule has 106 valence electrons. The zero-order valence-electron chi connectivity index (χ0n) is 12.0. The van der Waals surface area contributed by atoms with E-state index in [4.69, 9.17) is 5.11 Å². The predicted octanol–water partition coefficient (Wildman–Crippen LogP) is 2.63. The summed E-state index contributed by atoms with van der Waals surface area (Å²) in [4.78, 5) is 12.2. The lowest BCUT2D eigenvalue weighted by molar-refractivity contribution is -0.125. The first-order chi connectivity index (χ1) is 9.09. The molecule has 1 aromatic carbocycles. The Morgan fingerprint density at radius 2 is 1.74 bits per heavy atom. The van der Waals surface area contributed by atoms with Crippen LogP contribution < -0.4 is 5.32 Å². The molecule has 0 unspecified atom stereocenters. The van der Waals surface area contributed by atoms with Crippen LogP contribution in [0.15, 0.2) is 30.3 Å². The molecule has 3 heteroatoms. The van der Waals surface area contributed by atoms with Gasteiger partial charge in [0.1, 0.15) is 0 Å². The van der Waals surface area contributed by atoms with Crippen LogP contribution in [0.5, 0.6) is 0 Å². The Bertz CT molecular complexity index is 374. The van der Waals surface area contributed by atoms with Crippen molar-refractivity contribution in [3.05, 3.63) is 35.9 Å². The normalized spacial score (nSPS) is 11.3. The SMILES string of the molecule is CC(C)(C(=O)NCCCCCCO)c1ccccc1. The number of nitrogens with one attached hydrogen (secondary N) is 1. The van der Waals surface area contributed by atoms with Crippen LogP contribution in [-0.4, -0.2) is 24.2 Å². The first-order valence-corrected chi connectivity index (χ1v) is 7.03. The summed E-state index contributed by atoms with van der Waals surface area (Å²) in [6.07, 6.45) is 3.89. The third-order valence-electron chi connectivity index (χ3n) is 3.43. The lowest BCUT2D eigenvalue weighted by atomic mass is 9.84. The van der Waals surface area contributed by atoms with E-state index in [1.807, 2.05) is 44.2 Å². The number of unbranched alkanes of at least 4 members (excludes halogenated alkanes) is 3. The number of hydrogen-bond acceptors (Lipinski definition) is 2. The van der Waals surface area contributed by atoms with Crippen molar-refractivity contribution in [1.29, 1.82) is 0 Å². The van der Waals surface area contributed by atoms with Crippen LogP contribution >= 0.6 is 0 Å². The van der Waals surface area contributed by atoms with Gasteiger partial charge in [0, 0.05) is 13.2 Å². The standard InChI is InChI=1S/C16H25NO2/c1-16(2,14-10-6-5-7-11-14)15(19)17-12-8-3-4-9-13-18/h5-7,10-11,18H,3-4,8-9,12-13H2,1-2H3,(H,17,19). The van der Waals surface area contributed by atoms with Crippen LogP contribution in [0.1, 0.15) is 45.1 Å². The summed E-state index contributed by atoms with van der Waals surface area (Å²) in [7, 11) is 0. The molecule has 0 heterocycles. The Hall–Kier alpha value is -1.35. The fraction of sp³-hybridized carbons (Fsp3) is 0.562. The van der Waals surface area contributed by atoms with E-state index in [-0.39, 0.29) is 12.5 Å². The Balaban J connectivity index is 2.36. The molecule has 0 saturated carbocycles. The first kappa shape index (κ1) is 15.7. The molecule has 0 aliphatic heterocycles. The molecule has 0 saturated heterocycles. The van der Waals surface area contributed by atoms with E-state index >= 15 is 0 Å². The van der Waals surface area contributed by atoms with Crippen LogP contribution in [0.25, 0.3) is 0 Å². The molecule has 0 radical (unpaired) electrons. The average Bonchev–Trinajstić information content (AvgIpc) is 2.43. The van der Waals surface area contributed by atoms with E-state index in [1.54, 1.807) is 0 Å². The van der Waals surface area contributed by atoms with Crippen LogP contribution in [0.2, 0.25) is 0 Å². The van der Waals surface area contributed by atoms with Crippen LogP contribution in [0.3, 0.4) is 0 Å². The van der Waals surface area contributed by atoms with E-state index in [9.17, 15) is 4.79 Å². The average molecular weight is 263 g/mol. The van der Waals surface area contributed by atoms with Gasteiger partial charge in [-0.2, -0.15) is 0 Å². The molecule has 19 heavy (non-hydrogen) atoms. The Morgan fingerprint density at radius 3 is 2.37 bits per heavy atom. The maximum atomic E-state index is 12.2. The quantitative estimate of drug-likeness (QED) is 0.708. The Labute approximate surface area is 116 Å². The molecule has 1 amide bonds. The van der Waals surface area contributed by atoms with Gasteiger partial charge < -0.3 is 10.4 Å². The third-order valence-corrected chi connectivity index (χ3v) is 3.43. The minimum atomic E-state index is -0.494. The molecule has 0 fully saturated rings. The molecule has 0 aliphatic carbocycles. The van der Waals surface area contributed by atoms with Crippen LogP contribution in [0, 0.1) is 0 Å². The number of aliphatic hydroxyl groups excluding tert-OH is 1. The Kier molecular flexibility index (Phi) is 6.57. The summed E-state index contributed by atoms with van der Waals surface area (Å²) in [5.41, 5.74) is 0.541. The van der Waals surface area contributed by atoms with Crippen LogP contribution in [-0.2, 0) is 10.2 Å². The summed E-state index contributed by atoms with van der Waals surface area (Å²) >= 11 is 0. The van der Waals surface area contributed by atoms with Gasteiger partial charge >= 0.3 is 0 Å². The van der Waals surface area contributed by atoms with Gasteiger partial charge in [0.25, 0.3) is 0 Å². The van der Waals surface area contributed by atoms with Crippen molar-refractivity contribution in [3.8, 4) is 0 Å². The lowest BCUT2D eigenvalue weighted by Gasteiger charge is -2.24. The van der Waals surface area contributed by atoms with E-state index < -0.39 is 5.41 Å². The smallest absolute Gasteiger partial charge is 0.230 e. The highest BCUT2D eigenvalue weighted by molar-refractivity contribution is 5.87. The largest absolute Gasteiger partial charge is 0.396 e. The van der Waals surface area contributed by atoms with Gasteiger partial charge in [-0.05, 0) is 32.3 Å². The predicted molar refractivity (Wildman–Crippen MR) is 78.0 cm³/mol. The van der Waals surface area contributed by atoms with Crippen molar-refractivity contribution in [2.24, 2.45) is 0 Å². The minimum absolute atomic E-state index is 0.0702. The fourth-order valence-electron chi connectivity index (χ4n) is 2.00. The Morgan fingerprint density at radius 1 is 1.11 bits per heavy atom. The molecular formula is C16H25NO2. The zero-order chi connectivity index (χ0) is 14.1. The molecule has 1 rings (SSSR count). The van der Waals surface area contributed by atoms with Gasteiger partial charge in [-0.3, -0.25) is 4.79 Å². The molecule has 0 spiro atoms. The van der Waals surface area contributed by atoms with Crippen molar-refractivity contribution >= 4 is 5.91 Å². The first-order valence-electron chi connectivity index (χ1n) is 7.03. The number of carbonyl (C=O) groups is 1. The lowest BCUT2D eigenvalue weighted by Crippen LogP contribution is -2.40. The molecule has 2 N–H and O–H groups in total. The van der Waals surface area contributed by atoms with E-state index in [0.717, 1.165) is 31.2 Å². The second-order valence-electron chi connectivity index (χ2n) is 5.38. The number of benzene rings is 1. The van der Waals surface area contributed by atoms with Crippen LogP contribution in [0.4, 0.5) is 0 Å². The highest BCUT2D eigenvalue weighted by atomic mass is 16.2.